The number of rotatable bonds is 11. The number of alkyl carbamates (subject to hydrolysis) is 2. The second kappa shape index (κ2) is 15.0. The number of hydroxylamine groups is 2. The van der Waals surface area contributed by atoms with E-state index in [0.29, 0.717) is 18.2 Å². The summed E-state index contributed by atoms with van der Waals surface area (Å²) >= 11 is 0. The van der Waals surface area contributed by atoms with Crippen molar-refractivity contribution in [1.29, 1.82) is 0 Å². The van der Waals surface area contributed by atoms with Crippen molar-refractivity contribution in [3.05, 3.63) is 59.7 Å². The Morgan fingerprint density at radius 2 is 1.47 bits per heavy atom. The van der Waals surface area contributed by atoms with Crippen molar-refractivity contribution in [2.45, 2.75) is 89.4 Å². The van der Waals surface area contributed by atoms with Gasteiger partial charge in [0.1, 0.15) is 18.2 Å². The van der Waals surface area contributed by atoms with E-state index in [0.717, 1.165) is 47.9 Å². The van der Waals surface area contributed by atoms with Gasteiger partial charge in [-0.25, -0.2) is 14.4 Å². The molecular formula is C35H43N3O9. The number of ether oxygens (including phenoxy) is 3. The molecular weight excluding hydrogens is 606 g/mol. The lowest BCUT2D eigenvalue weighted by atomic mass is 9.83. The van der Waals surface area contributed by atoms with Gasteiger partial charge >= 0.3 is 18.2 Å². The molecule has 0 radical (unpaired) electrons. The van der Waals surface area contributed by atoms with Crippen LogP contribution >= 0.6 is 0 Å². The van der Waals surface area contributed by atoms with Crippen LogP contribution in [-0.2, 0) is 33.4 Å². The van der Waals surface area contributed by atoms with Gasteiger partial charge in [-0.2, -0.15) is 0 Å². The minimum Gasteiger partial charge on any atom is -0.449 e. The second-order valence-electron chi connectivity index (χ2n) is 13.2. The van der Waals surface area contributed by atoms with Gasteiger partial charge in [-0.15, -0.1) is 5.06 Å². The fourth-order valence-electron chi connectivity index (χ4n) is 6.37. The number of benzene rings is 2. The van der Waals surface area contributed by atoms with Crippen LogP contribution in [0.25, 0.3) is 11.1 Å². The number of fused-ring (bicyclic) bond motifs is 3. The zero-order valence-corrected chi connectivity index (χ0v) is 27.1. The highest BCUT2D eigenvalue weighted by Crippen LogP contribution is 2.44. The highest BCUT2D eigenvalue weighted by Gasteiger charge is 2.37. The van der Waals surface area contributed by atoms with Crippen molar-refractivity contribution in [2.24, 2.45) is 5.92 Å². The molecule has 1 heterocycles. The van der Waals surface area contributed by atoms with Crippen LogP contribution in [0, 0.1) is 5.92 Å². The molecule has 1 aliphatic heterocycles. The molecule has 1 atom stereocenters. The fraction of sp³-hybridized carbons (Fsp3) is 0.514. The van der Waals surface area contributed by atoms with Crippen LogP contribution in [0.2, 0.25) is 0 Å². The van der Waals surface area contributed by atoms with Crippen molar-refractivity contribution in [3.8, 4) is 11.1 Å². The first-order chi connectivity index (χ1) is 22.5. The minimum absolute atomic E-state index is 0.00739. The van der Waals surface area contributed by atoms with Crippen LogP contribution in [0.3, 0.4) is 0 Å². The molecule has 2 aromatic carbocycles. The molecule has 5 rings (SSSR count). The zero-order valence-electron chi connectivity index (χ0n) is 27.1. The molecule has 2 aliphatic carbocycles. The van der Waals surface area contributed by atoms with Crippen molar-refractivity contribution in [2.75, 3.05) is 19.8 Å². The summed E-state index contributed by atoms with van der Waals surface area (Å²) in [6.07, 6.45) is 1.79. The lowest BCUT2D eigenvalue weighted by Gasteiger charge is -2.31. The smallest absolute Gasteiger partial charge is 0.407 e. The van der Waals surface area contributed by atoms with E-state index in [9.17, 15) is 24.0 Å². The van der Waals surface area contributed by atoms with Gasteiger partial charge in [-0.3, -0.25) is 9.59 Å². The summed E-state index contributed by atoms with van der Waals surface area (Å²) in [4.78, 5) is 67.7. The summed E-state index contributed by atoms with van der Waals surface area (Å²) < 4.78 is 16.8. The number of carbonyl (C=O) groups is 5. The number of carbonyl (C=O) groups excluding carboxylic acids is 5. The van der Waals surface area contributed by atoms with Crippen LogP contribution in [0.15, 0.2) is 48.5 Å². The van der Waals surface area contributed by atoms with Gasteiger partial charge < -0.3 is 29.7 Å². The maximum Gasteiger partial charge on any atom is 0.407 e. The molecule has 3 aliphatic rings. The Morgan fingerprint density at radius 3 is 2.06 bits per heavy atom. The molecule has 12 heteroatoms. The predicted molar refractivity (Wildman–Crippen MR) is 170 cm³/mol. The van der Waals surface area contributed by atoms with Gasteiger partial charge in [0.15, 0.2) is 0 Å². The molecule has 0 bridgehead atoms. The van der Waals surface area contributed by atoms with Crippen LogP contribution in [-0.4, -0.2) is 72.5 Å². The molecule has 1 saturated heterocycles. The first-order valence-electron chi connectivity index (χ1n) is 16.3. The van der Waals surface area contributed by atoms with Crippen LogP contribution in [0.1, 0.15) is 82.8 Å². The molecule has 2 fully saturated rings. The predicted octanol–water partition coefficient (Wildman–Crippen LogP) is 4.99. The number of nitrogens with one attached hydrogen (secondary N) is 2. The van der Waals surface area contributed by atoms with E-state index in [1.807, 2.05) is 48.5 Å². The minimum atomic E-state index is -1.13. The highest BCUT2D eigenvalue weighted by atomic mass is 16.7. The SMILES string of the molecule is CC(C)(C)OC(=O)NCCOC1CCC(C[C@H](NC(=O)OCC2c3ccccc3-c3ccccc32)C(=O)ON2C(=O)CCC2=O)CC1. The normalized spacial score (nSPS) is 19.9. The Hall–Kier alpha value is -4.45. The first-order valence-corrected chi connectivity index (χ1v) is 16.3. The third kappa shape index (κ3) is 8.88. The first kappa shape index (κ1) is 33.9. The standard InChI is InChI=1S/C35H43N3O9/c1-35(2,3)46-33(42)36-18-19-44-23-14-12-22(13-15-23)20-29(32(41)47-38-30(39)16-17-31(38)40)37-34(43)45-21-28-26-10-6-4-8-24(26)25-9-5-7-11-27(25)28/h4-11,22-23,28-29H,12-21H2,1-3H3,(H,36,42)(H,37,43)/t22?,23?,29-/m0/s1. The van der Waals surface area contributed by atoms with E-state index < -0.39 is 41.6 Å². The van der Waals surface area contributed by atoms with Crippen LogP contribution in [0.4, 0.5) is 9.59 Å². The van der Waals surface area contributed by atoms with E-state index in [4.69, 9.17) is 19.0 Å². The van der Waals surface area contributed by atoms with Gasteiger partial charge in [-0.1, -0.05) is 48.5 Å². The number of hydrogen-bond donors (Lipinski definition) is 2. The quantitative estimate of drug-likeness (QED) is 0.254. The molecule has 4 amide bonds. The van der Waals surface area contributed by atoms with E-state index in [1.54, 1.807) is 20.8 Å². The summed E-state index contributed by atoms with van der Waals surface area (Å²) in [7, 11) is 0. The fourth-order valence-corrected chi connectivity index (χ4v) is 6.37. The van der Waals surface area contributed by atoms with Crippen molar-refractivity contribution in [1.82, 2.24) is 15.7 Å². The molecule has 0 aromatic heterocycles. The molecule has 2 aromatic rings. The Morgan fingerprint density at radius 1 is 0.872 bits per heavy atom. The highest BCUT2D eigenvalue weighted by molar-refractivity contribution is 6.01. The summed E-state index contributed by atoms with van der Waals surface area (Å²) in [5, 5.41) is 5.82. The number of imide groups is 1. The third-order valence-corrected chi connectivity index (χ3v) is 8.59. The summed E-state index contributed by atoms with van der Waals surface area (Å²) in [6.45, 7) is 6.11. The molecule has 2 N–H and O–H groups in total. The zero-order chi connectivity index (χ0) is 33.6. The van der Waals surface area contributed by atoms with E-state index in [1.165, 1.54) is 0 Å². The topological polar surface area (TPSA) is 150 Å². The monoisotopic (exact) mass is 649 g/mol. The lowest BCUT2D eigenvalue weighted by molar-refractivity contribution is -0.199. The Kier molecular flexibility index (Phi) is 10.8. The summed E-state index contributed by atoms with van der Waals surface area (Å²) in [5.41, 5.74) is 3.73. The average molecular weight is 650 g/mol. The van der Waals surface area contributed by atoms with Gasteiger partial charge in [-0.05, 0) is 81.0 Å². The largest absolute Gasteiger partial charge is 0.449 e. The van der Waals surface area contributed by atoms with Crippen molar-refractivity contribution < 1.29 is 43.0 Å². The lowest BCUT2D eigenvalue weighted by Crippen LogP contribution is -2.47. The second-order valence-corrected chi connectivity index (χ2v) is 13.2. The Balaban J connectivity index is 1.15. The Bertz CT molecular complexity index is 1420. The third-order valence-electron chi connectivity index (χ3n) is 8.59. The van der Waals surface area contributed by atoms with Crippen LogP contribution in [0.5, 0.6) is 0 Å². The van der Waals surface area contributed by atoms with Crippen LogP contribution < -0.4 is 10.6 Å². The average Bonchev–Trinajstić information content (AvgIpc) is 3.53. The molecule has 47 heavy (non-hydrogen) atoms. The van der Waals surface area contributed by atoms with Crippen molar-refractivity contribution in [3.63, 3.8) is 0 Å². The number of amides is 4. The van der Waals surface area contributed by atoms with Gasteiger partial charge in [0.2, 0.25) is 0 Å². The summed E-state index contributed by atoms with van der Waals surface area (Å²) in [6, 6.07) is 14.8. The van der Waals surface area contributed by atoms with E-state index >= 15 is 0 Å². The Labute approximate surface area is 274 Å². The molecule has 0 unspecified atom stereocenters. The maximum atomic E-state index is 13.3. The van der Waals surface area contributed by atoms with Gasteiger partial charge in [0.05, 0.1) is 12.7 Å². The molecule has 12 nitrogen and oxygen atoms in total. The molecule has 1 saturated carbocycles. The van der Waals surface area contributed by atoms with E-state index in [-0.39, 0.29) is 43.8 Å². The van der Waals surface area contributed by atoms with E-state index in [2.05, 4.69) is 10.6 Å². The van der Waals surface area contributed by atoms with Gasteiger partial charge in [0, 0.05) is 25.3 Å². The summed E-state index contributed by atoms with van der Waals surface area (Å²) in [5.74, 6) is -2.20. The maximum absolute atomic E-state index is 13.3. The molecule has 0 spiro atoms. The number of hydrogen-bond acceptors (Lipinski definition) is 9. The number of nitrogens with zero attached hydrogens (tertiary/aromatic N) is 1. The van der Waals surface area contributed by atoms with Gasteiger partial charge in [0.25, 0.3) is 11.8 Å². The van der Waals surface area contributed by atoms with Crippen molar-refractivity contribution >= 4 is 30.0 Å². The molecule has 252 valence electrons.